The Balaban J connectivity index is 3.80. The van der Waals surface area contributed by atoms with Crippen LogP contribution in [0.25, 0.3) is 0 Å². The normalized spacial score (nSPS) is 14.7. The number of aliphatic carboxylic acids is 1. The quantitative estimate of drug-likeness (QED) is 0.553. The van der Waals surface area contributed by atoms with E-state index in [1.165, 1.54) is 32.1 Å². The molecule has 2 atom stereocenters. The highest BCUT2D eigenvalue weighted by molar-refractivity contribution is 5.73. The van der Waals surface area contributed by atoms with Crippen molar-refractivity contribution in [3.63, 3.8) is 0 Å². The van der Waals surface area contributed by atoms with E-state index in [4.69, 9.17) is 5.11 Å². The summed E-state index contributed by atoms with van der Waals surface area (Å²) in [6.45, 7) is 8.43. The highest BCUT2D eigenvalue weighted by atomic mass is 16.4. The second-order valence-electron chi connectivity index (χ2n) is 5.79. The Morgan fingerprint density at radius 1 is 1.11 bits per heavy atom. The molecular formula is C15H31NO2. The van der Waals surface area contributed by atoms with Crippen LogP contribution in [0.1, 0.15) is 72.6 Å². The van der Waals surface area contributed by atoms with Crippen molar-refractivity contribution in [3.05, 3.63) is 0 Å². The molecule has 0 heterocycles. The number of unbranched alkanes of at least 4 members (excludes halogenated alkanes) is 4. The van der Waals surface area contributed by atoms with Gasteiger partial charge in [0.1, 0.15) is 6.04 Å². The zero-order valence-corrected chi connectivity index (χ0v) is 12.5. The predicted molar refractivity (Wildman–Crippen MR) is 76.9 cm³/mol. The van der Waals surface area contributed by atoms with Crippen LogP contribution in [0, 0.1) is 5.92 Å². The smallest absolute Gasteiger partial charge is 0.320 e. The molecule has 2 N–H and O–H groups in total. The van der Waals surface area contributed by atoms with Crippen molar-refractivity contribution in [2.45, 2.75) is 84.7 Å². The molecule has 0 aromatic heterocycles. The third-order valence-corrected chi connectivity index (χ3v) is 3.23. The van der Waals surface area contributed by atoms with Gasteiger partial charge >= 0.3 is 5.97 Å². The Kier molecular flexibility index (Phi) is 10.0. The molecule has 18 heavy (non-hydrogen) atoms. The summed E-state index contributed by atoms with van der Waals surface area (Å²) >= 11 is 0. The Labute approximate surface area is 112 Å². The number of nitrogens with one attached hydrogen (secondary N) is 1. The zero-order chi connectivity index (χ0) is 14.0. The summed E-state index contributed by atoms with van der Waals surface area (Å²) in [5.74, 6) is -0.308. The number of rotatable bonds is 11. The van der Waals surface area contributed by atoms with E-state index in [0.29, 0.717) is 18.4 Å². The Morgan fingerprint density at radius 3 is 2.22 bits per heavy atom. The van der Waals surface area contributed by atoms with Crippen molar-refractivity contribution in [2.75, 3.05) is 0 Å². The molecule has 0 aromatic rings. The molecular weight excluding hydrogens is 226 g/mol. The second kappa shape index (κ2) is 10.4. The molecule has 0 aliphatic heterocycles. The van der Waals surface area contributed by atoms with Crippen LogP contribution in [0.4, 0.5) is 0 Å². The Bertz CT molecular complexity index is 217. The average Bonchev–Trinajstić information content (AvgIpc) is 2.27. The third-order valence-electron chi connectivity index (χ3n) is 3.23. The molecule has 0 saturated carbocycles. The molecule has 0 rings (SSSR count). The molecule has 0 aliphatic carbocycles. The fourth-order valence-electron chi connectivity index (χ4n) is 2.19. The number of carboxylic acid groups (broad SMARTS) is 1. The fraction of sp³-hybridized carbons (Fsp3) is 0.933. The molecule has 0 aliphatic rings. The van der Waals surface area contributed by atoms with E-state index in [1.54, 1.807) is 0 Å². The summed E-state index contributed by atoms with van der Waals surface area (Å²) in [7, 11) is 0. The first-order valence-electron chi connectivity index (χ1n) is 7.46. The molecule has 3 nitrogen and oxygen atoms in total. The average molecular weight is 257 g/mol. The molecule has 0 radical (unpaired) electrons. The van der Waals surface area contributed by atoms with Crippen LogP contribution in [0.15, 0.2) is 0 Å². The Hall–Kier alpha value is -0.570. The lowest BCUT2D eigenvalue weighted by molar-refractivity contribution is -0.140. The van der Waals surface area contributed by atoms with E-state index in [9.17, 15) is 4.79 Å². The first-order valence-corrected chi connectivity index (χ1v) is 7.46. The second-order valence-corrected chi connectivity index (χ2v) is 5.79. The maximum Gasteiger partial charge on any atom is 0.320 e. The lowest BCUT2D eigenvalue weighted by Crippen LogP contribution is -2.42. The monoisotopic (exact) mass is 257 g/mol. The van der Waals surface area contributed by atoms with Gasteiger partial charge in [0.2, 0.25) is 0 Å². The van der Waals surface area contributed by atoms with E-state index in [0.717, 1.165) is 6.42 Å². The van der Waals surface area contributed by atoms with Gasteiger partial charge in [-0.25, -0.2) is 0 Å². The minimum absolute atomic E-state index is 0.298. The summed E-state index contributed by atoms with van der Waals surface area (Å²) in [6, 6.07) is -0.0953. The Morgan fingerprint density at radius 2 is 1.72 bits per heavy atom. The van der Waals surface area contributed by atoms with E-state index in [1.807, 2.05) is 0 Å². The first-order chi connectivity index (χ1) is 8.47. The highest BCUT2D eigenvalue weighted by Crippen LogP contribution is 2.10. The summed E-state index contributed by atoms with van der Waals surface area (Å²) < 4.78 is 0. The minimum Gasteiger partial charge on any atom is -0.480 e. The van der Waals surface area contributed by atoms with Crippen LogP contribution < -0.4 is 5.32 Å². The van der Waals surface area contributed by atoms with Crippen LogP contribution >= 0.6 is 0 Å². The van der Waals surface area contributed by atoms with Crippen molar-refractivity contribution in [2.24, 2.45) is 5.92 Å². The maximum absolute atomic E-state index is 11.1. The maximum atomic E-state index is 11.1. The van der Waals surface area contributed by atoms with Crippen molar-refractivity contribution in [1.82, 2.24) is 5.32 Å². The zero-order valence-electron chi connectivity index (χ0n) is 12.5. The standard InChI is InChI=1S/C15H31NO2/c1-5-6-7-8-9-10-13(4)16-14(15(17)18)11-12(2)3/h12-14,16H,5-11H2,1-4H3,(H,17,18). The molecule has 2 unspecified atom stereocenters. The van der Waals surface area contributed by atoms with E-state index < -0.39 is 12.0 Å². The summed E-state index contributed by atoms with van der Waals surface area (Å²) in [5, 5.41) is 12.4. The van der Waals surface area contributed by atoms with Gasteiger partial charge in [-0.2, -0.15) is 0 Å². The van der Waals surface area contributed by atoms with Crippen LogP contribution in [0.5, 0.6) is 0 Å². The summed E-state index contributed by atoms with van der Waals surface area (Å²) in [4.78, 5) is 11.1. The molecule has 0 saturated heterocycles. The van der Waals surface area contributed by atoms with Gasteiger partial charge in [-0.15, -0.1) is 0 Å². The lowest BCUT2D eigenvalue weighted by atomic mass is 10.0. The van der Waals surface area contributed by atoms with Gasteiger partial charge in [0.15, 0.2) is 0 Å². The number of carbonyl (C=O) groups is 1. The number of carboxylic acids is 1. The largest absolute Gasteiger partial charge is 0.480 e. The van der Waals surface area contributed by atoms with E-state index in [2.05, 4.69) is 33.0 Å². The van der Waals surface area contributed by atoms with E-state index in [-0.39, 0.29) is 0 Å². The number of hydrogen-bond acceptors (Lipinski definition) is 2. The van der Waals surface area contributed by atoms with Crippen molar-refractivity contribution in [3.8, 4) is 0 Å². The first kappa shape index (κ1) is 17.4. The predicted octanol–water partition coefficient (Wildman–Crippen LogP) is 3.82. The van der Waals surface area contributed by atoms with E-state index >= 15 is 0 Å². The van der Waals surface area contributed by atoms with Gasteiger partial charge in [0.25, 0.3) is 0 Å². The van der Waals surface area contributed by atoms with Crippen LogP contribution in [0.3, 0.4) is 0 Å². The lowest BCUT2D eigenvalue weighted by Gasteiger charge is -2.21. The van der Waals surface area contributed by atoms with Crippen LogP contribution in [0.2, 0.25) is 0 Å². The van der Waals surface area contributed by atoms with Crippen molar-refractivity contribution in [1.29, 1.82) is 0 Å². The van der Waals surface area contributed by atoms with Crippen LogP contribution in [-0.2, 0) is 4.79 Å². The molecule has 0 aromatic carbocycles. The number of hydrogen-bond donors (Lipinski definition) is 2. The highest BCUT2D eigenvalue weighted by Gasteiger charge is 2.20. The van der Waals surface area contributed by atoms with Gasteiger partial charge in [-0.1, -0.05) is 52.9 Å². The van der Waals surface area contributed by atoms with Gasteiger partial charge in [0.05, 0.1) is 0 Å². The van der Waals surface area contributed by atoms with Gasteiger partial charge in [-0.3, -0.25) is 4.79 Å². The molecule has 3 heteroatoms. The van der Waals surface area contributed by atoms with Crippen molar-refractivity contribution >= 4 is 5.97 Å². The molecule has 0 amide bonds. The minimum atomic E-state index is -0.721. The van der Waals surface area contributed by atoms with Crippen molar-refractivity contribution < 1.29 is 9.90 Å². The van der Waals surface area contributed by atoms with Gasteiger partial charge in [-0.05, 0) is 25.7 Å². The molecule has 0 bridgehead atoms. The third kappa shape index (κ3) is 9.46. The molecule has 0 fully saturated rings. The van der Waals surface area contributed by atoms with Crippen LogP contribution in [-0.4, -0.2) is 23.2 Å². The molecule has 108 valence electrons. The summed E-state index contributed by atoms with van der Waals surface area (Å²) in [5.41, 5.74) is 0. The SMILES string of the molecule is CCCCCCCC(C)NC(CC(C)C)C(=O)O. The van der Waals surface area contributed by atoms with Gasteiger partial charge in [0, 0.05) is 6.04 Å². The topological polar surface area (TPSA) is 49.3 Å². The molecule has 0 spiro atoms. The fourth-order valence-corrected chi connectivity index (χ4v) is 2.19. The summed E-state index contributed by atoms with van der Waals surface area (Å²) in [6.07, 6.45) is 8.12. The van der Waals surface area contributed by atoms with Gasteiger partial charge < -0.3 is 10.4 Å².